The van der Waals surface area contributed by atoms with Crippen LogP contribution in [-0.4, -0.2) is 151 Å². The zero-order valence-electron chi connectivity index (χ0n) is 40.6. The predicted molar refractivity (Wildman–Crippen MR) is 279 cm³/mol. The Hall–Kier alpha value is -6.73. The maximum atomic E-state index is 15.5. The van der Waals surface area contributed by atoms with Crippen molar-refractivity contribution in [1.82, 2.24) is 53.8 Å². The molecule has 0 unspecified atom stereocenters. The van der Waals surface area contributed by atoms with Gasteiger partial charge in [-0.05, 0) is 85.5 Å². The minimum Gasteiger partial charge on any atom is -0.462 e. The van der Waals surface area contributed by atoms with Crippen molar-refractivity contribution in [2.45, 2.75) is 57.4 Å². The molecular formula is C51H54BrClF2N16O2. The van der Waals surface area contributed by atoms with Gasteiger partial charge < -0.3 is 44.0 Å². The van der Waals surface area contributed by atoms with Gasteiger partial charge in [0.1, 0.15) is 23.8 Å². The molecule has 0 spiro atoms. The number of ether oxygens (including phenoxy) is 1. The Labute approximate surface area is 433 Å². The number of carbonyl (C=O) groups is 1. The quantitative estimate of drug-likeness (QED) is 0.121. The van der Waals surface area contributed by atoms with Crippen LogP contribution in [0.1, 0.15) is 36.3 Å². The molecule has 73 heavy (non-hydrogen) atoms. The van der Waals surface area contributed by atoms with Gasteiger partial charge in [0.15, 0.2) is 17.3 Å². The van der Waals surface area contributed by atoms with E-state index in [-0.39, 0.29) is 54.6 Å². The average Bonchev–Trinajstić information content (AvgIpc) is 4.11. The highest BCUT2D eigenvalue weighted by molar-refractivity contribution is 9.10. The summed E-state index contributed by atoms with van der Waals surface area (Å²) in [6.45, 7) is 11.0. The summed E-state index contributed by atoms with van der Waals surface area (Å²) >= 11 is 10.4. The van der Waals surface area contributed by atoms with E-state index in [2.05, 4.69) is 101 Å². The topological polar surface area (TPSA) is 168 Å². The van der Waals surface area contributed by atoms with Gasteiger partial charge in [0, 0.05) is 80.6 Å². The van der Waals surface area contributed by atoms with Crippen molar-refractivity contribution in [2.75, 3.05) is 99.6 Å². The summed E-state index contributed by atoms with van der Waals surface area (Å²) in [4.78, 5) is 51.8. The molecule has 18 nitrogen and oxygen atoms in total. The third kappa shape index (κ3) is 9.45. The standard InChI is InChI=1S/C51H54BrClF2N16O2/c1-31(27-70-41-13-12-38(54)44(55)45(41)60-42(70)26-57-49-63-50(66-21-19-64(2)20-22-66)61-47-36(52)25-58-71(47)49)48(72)69-24-23-68(28-33(69)14-16-56)46-35-15-18-67(40-11-5-8-32-7-4-10-37(53)43(32)40)29-39(35)59-51(62-46)73-30-34-9-6-17-65(34)3/h4-5,7-8,10-13,25,33-34H,1,6,9,14-15,17-24,26-30H2,2-3H3,(H,57,61,63)/t33-,34-/m0/s1. The summed E-state index contributed by atoms with van der Waals surface area (Å²) in [5, 5.41) is 20.7. The minimum atomic E-state index is -1.10. The average molecular weight is 1080 g/mol. The molecule has 2 atom stereocenters. The number of fused-ring (bicyclic) bond motifs is 4. The summed E-state index contributed by atoms with van der Waals surface area (Å²) in [6.07, 6.45) is 4.46. The maximum Gasteiger partial charge on any atom is 0.318 e. The lowest BCUT2D eigenvalue weighted by Gasteiger charge is -2.42. The Morgan fingerprint density at radius 3 is 2.55 bits per heavy atom. The molecule has 4 aliphatic rings. The van der Waals surface area contributed by atoms with Crippen LogP contribution >= 0.6 is 27.5 Å². The fourth-order valence-electron chi connectivity index (χ4n) is 10.6. The van der Waals surface area contributed by atoms with E-state index in [4.69, 9.17) is 36.3 Å². The minimum absolute atomic E-state index is 0.00152. The SMILES string of the molecule is C=C(Cn1c(CNc2nc(N3CCN(C)CC3)nc3c(Br)cnn23)nc2c(F)c(F)ccc21)C(=O)N1CCN(c2nc(OC[C@@H]3CCCN3C)nc3c2CCN(c2cccc4cccc(Cl)c24)C3)C[C@@H]1CC#N. The third-order valence-electron chi connectivity index (χ3n) is 14.7. The first-order valence-electron chi connectivity index (χ1n) is 24.6. The predicted octanol–water partition coefficient (Wildman–Crippen LogP) is 6.70. The van der Waals surface area contributed by atoms with Gasteiger partial charge in [0.05, 0.1) is 65.1 Å². The van der Waals surface area contributed by atoms with Gasteiger partial charge in [-0.15, -0.1) is 0 Å². The first kappa shape index (κ1) is 48.5. The van der Waals surface area contributed by atoms with E-state index in [1.54, 1.807) is 20.2 Å². The van der Waals surface area contributed by atoms with Gasteiger partial charge in [0.2, 0.25) is 11.9 Å². The number of nitrogens with zero attached hydrogens (tertiary/aromatic N) is 15. The van der Waals surface area contributed by atoms with E-state index in [0.717, 1.165) is 85.2 Å². The van der Waals surface area contributed by atoms with Crippen molar-refractivity contribution in [3.63, 3.8) is 0 Å². The first-order valence-corrected chi connectivity index (χ1v) is 25.8. The summed E-state index contributed by atoms with van der Waals surface area (Å²) < 4.78 is 40.6. The zero-order chi connectivity index (χ0) is 50.5. The van der Waals surface area contributed by atoms with Crippen LogP contribution in [-0.2, 0) is 30.8 Å². The molecule has 7 aromatic rings. The van der Waals surface area contributed by atoms with Gasteiger partial charge in [-0.3, -0.25) is 4.79 Å². The second-order valence-corrected chi connectivity index (χ2v) is 20.5. The van der Waals surface area contributed by atoms with Crippen LogP contribution in [0.5, 0.6) is 6.01 Å². The highest BCUT2D eigenvalue weighted by Crippen LogP contribution is 2.38. The largest absolute Gasteiger partial charge is 0.462 e. The number of amides is 1. The van der Waals surface area contributed by atoms with Gasteiger partial charge in [-0.25, -0.2) is 13.8 Å². The van der Waals surface area contributed by atoms with Crippen LogP contribution in [0.3, 0.4) is 0 Å². The Morgan fingerprint density at radius 1 is 0.945 bits per heavy atom. The van der Waals surface area contributed by atoms with Crippen LogP contribution in [0.4, 0.5) is 32.2 Å². The number of carbonyl (C=O) groups excluding carboxylic acids is 1. The van der Waals surface area contributed by atoms with E-state index in [0.29, 0.717) is 78.1 Å². The number of aromatic nitrogens is 8. The van der Waals surface area contributed by atoms with Gasteiger partial charge in [-0.1, -0.05) is 42.4 Å². The van der Waals surface area contributed by atoms with Crippen molar-refractivity contribution in [1.29, 1.82) is 5.26 Å². The summed E-state index contributed by atoms with van der Waals surface area (Å²) in [7, 11) is 4.18. The molecule has 0 radical (unpaired) electrons. The molecule has 4 aliphatic heterocycles. The number of imidazole rings is 1. The van der Waals surface area contributed by atoms with Crippen LogP contribution < -0.4 is 24.8 Å². The molecule has 1 amide bonds. The van der Waals surface area contributed by atoms with Gasteiger partial charge >= 0.3 is 6.01 Å². The van der Waals surface area contributed by atoms with Gasteiger partial charge in [-0.2, -0.15) is 34.8 Å². The number of hydrogen-bond donors (Lipinski definition) is 1. The highest BCUT2D eigenvalue weighted by Gasteiger charge is 2.36. The number of rotatable bonds is 13. The van der Waals surface area contributed by atoms with E-state index in [9.17, 15) is 14.4 Å². The number of nitrogens with one attached hydrogen (secondary N) is 1. The Morgan fingerprint density at radius 2 is 1.75 bits per heavy atom. The number of piperazine rings is 2. The number of hydrogen-bond acceptors (Lipinski definition) is 15. The maximum absolute atomic E-state index is 15.5. The number of benzene rings is 3. The molecule has 0 aliphatic carbocycles. The summed E-state index contributed by atoms with van der Waals surface area (Å²) in [5.41, 5.74) is 3.71. The summed E-state index contributed by atoms with van der Waals surface area (Å²) in [5.74, 6) is -0.589. The highest BCUT2D eigenvalue weighted by atomic mass is 79.9. The van der Waals surface area contributed by atoms with Crippen molar-refractivity contribution >= 4 is 84.3 Å². The Kier molecular flexibility index (Phi) is 13.5. The van der Waals surface area contributed by atoms with E-state index < -0.39 is 17.7 Å². The van der Waals surface area contributed by atoms with Crippen LogP contribution in [0.15, 0.2) is 71.4 Å². The van der Waals surface area contributed by atoms with Crippen LogP contribution in [0, 0.1) is 23.0 Å². The Balaban J connectivity index is 0.851. The van der Waals surface area contributed by atoms with Crippen molar-refractivity contribution in [2.24, 2.45) is 0 Å². The molecule has 4 aromatic heterocycles. The fourth-order valence-corrected chi connectivity index (χ4v) is 11.3. The lowest BCUT2D eigenvalue weighted by molar-refractivity contribution is -0.129. The molecule has 22 heteroatoms. The number of likely N-dealkylation sites (N-methyl/N-ethyl adjacent to an activating group) is 2. The molecule has 378 valence electrons. The van der Waals surface area contributed by atoms with Gasteiger partial charge in [0.25, 0.3) is 5.91 Å². The molecule has 0 bridgehead atoms. The van der Waals surface area contributed by atoms with Crippen molar-refractivity contribution < 1.29 is 18.3 Å². The van der Waals surface area contributed by atoms with Crippen LogP contribution in [0.2, 0.25) is 5.02 Å². The third-order valence-corrected chi connectivity index (χ3v) is 15.6. The van der Waals surface area contributed by atoms with Crippen LogP contribution in [0.25, 0.3) is 27.5 Å². The lowest BCUT2D eigenvalue weighted by atomic mass is 10.0. The first-order chi connectivity index (χ1) is 35.4. The monoisotopic (exact) mass is 1070 g/mol. The smallest absolute Gasteiger partial charge is 0.318 e. The van der Waals surface area contributed by atoms with E-state index >= 15 is 4.39 Å². The number of anilines is 4. The lowest BCUT2D eigenvalue weighted by Crippen LogP contribution is -2.56. The molecule has 3 aromatic carbocycles. The van der Waals surface area contributed by atoms with Crippen molar-refractivity contribution in [3.8, 4) is 12.1 Å². The fraction of sp³-hybridized carbons (Fsp3) is 0.412. The van der Waals surface area contributed by atoms with E-state index in [1.807, 2.05) is 18.2 Å². The summed E-state index contributed by atoms with van der Waals surface area (Å²) in [6, 6.07) is 17.0. The number of likely N-dealkylation sites (tertiary alicyclic amines) is 1. The molecular weight excluding hydrogens is 1020 g/mol. The molecule has 3 saturated heterocycles. The van der Waals surface area contributed by atoms with Crippen molar-refractivity contribution in [3.05, 3.63) is 105 Å². The molecule has 11 rings (SSSR count). The normalized spacial score (nSPS) is 18.8. The van der Waals surface area contributed by atoms with E-state index in [1.165, 1.54) is 6.07 Å². The number of nitriles is 1. The molecule has 0 saturated carbocycles. The zero-order valence-corrected chi connectivity index (χ0v) is 43.0. The second kappa shape index (κ2) is 20.3. The molecule has 3 fully saturated rings. The number of halogens is 4. The molecule has 1 N–H and O–H groups in total. The molecule has 8 heterocycles. The second-order valence-electron chi connectivity index (χ2n) is 19.3. The Bertz CT molecular complexity index is 3310.